The fraction of sp³-hybridized carbons (Fsp3) is 0.444. The molecule has 0 aromatic carbocycles. The lowest BCUT2D eigenvalue weighted by Crippen LogP contribution is -1.85. The third-order valence-corrected chi connectivity index (χ3v) is 1.21. The topological polar surface area (TPSA) is 26.3 Å². The summed E-state index contributed by atoms with van der Waals surface area (Å²) in [5.41, 5.74) is 0. The molecular weight excluding hydrogens is 140 g/mol. The predicted octanol–water partition coefficient (Wildman–Crippen LogP) is 2.07. The Morgan fingerprint density at radius 2 is 2.09 bits per heavy atom. The van der Waals surface area contributed by atoms with Crippen molar-refractivity contribution in [2.75, 3.05) is 6.61 Å². The zero-order valence-corrected chi connectivity index (χ0v) is 6.66. The van der Waals surface area contributed by atoms with E-state index >= 15 is 0 Å². The Bertz CT molecular complexity index is 128. The predicted molar refractivity (Wildman–Crippen MR) is 45.2 cm³/mol. The summed E-state index contributed by atoms with van der Waals surface area (Å²) in [7, 11) is 0. The van der Waals surface area contributed by atoms with Crippen molar-refractivity contribution in [1.82, 2.24) is 0 Å². The van der Waals surface area contributed by atoms with Crippen LogP contribution in [0.5, 0.6) is 0 Å². The van der Waals surface area contributed by atoms with E-state index in [9.17, 15) is 4.79 Å². The Morgan fingerprint density at radius 3 is 2.73 bits per heavy atom. The summed E-state index contributed by atoms with van der Waals surface area (Å²) in [5.74, 6) is 0. The Balaban J connectivity index is 3.02. The normalized spacial score (nSPS) is 9.82. The van der Waals surface area contributed by atoms with Gasteiger partial charge in [-0.25, -0.2) is 0 Å². The van der Waals surface area contributed by atoms with Crippen molar-refractivity contribution in [2.45, 2.75) is 19.3 Å². The third-order valence-electron chi connectivity index (χ3n) is 1.21. The van der Waals surface area contributed by atoms with Crippen molar-refractivity contribution in [3.63, 3.8) is 0 Å². The standard InChI is InChI=1S/C9H14O2/c1-2-3-4-5-6-7-8-11-9-10/h2,6-7,9H,1,3-5,8H2/b7-6+. The molecule has 0 aromatic rings. The zero-order valence-electron chi connectivity index (χ0n) is 6.66. The van der Waals surface area contributed by atoms with E-state index < -0.39 is 0 Å². The van der Waals surface area contributed by atoms with Crippen LogP contribution < -0.4 is 0 Å². The van der Waals surface area contributed by atoms with Crippen LogP contribution in [0.4, 0.5) is 0 Å². The van der Waals surface area contributed by atoms with Crippen LogP contribution in [0.15, 0.2) is 24.8 Å². The minimum absolute atomic E-state index is 0.386. The van der Waals surface area contributed by atoms with Crippen LogP contribution >= 0.6 is 0 Å². The lowest BCUT2D eigenvalue weighted by atomic mass is 10.2. The molecule has 0 aromatic heterocycles. The van der Waals surface area contributed by atoms with Gasteiger partial charge in [0, 0.05) is 0 Å². The van der Waals surface area contributed by atoms with Crippen molar-refractivity contribution in [3.8, 4) is 0 Å². The first-order valence-corrected chi connectivity index (χ1v) is 3.73. The number of hydrogen-bond donors (Lipinski definition) is 0. The molecule has 2 heteroatoms. The second-order valence-electron chi connectivity index (χ2n) is 2.12. The Labute approximate surface area is 67.6 Å². The number of carbonyl (C=O) groups is 1. The van der Waals surface area contributed by atoms with E-state index in [4.69, 9.17) is 0 Å². The summed E-state index contributed by atoms with van der Waals surface area (Å²) < 4.78 is 4.45. The van der Waals surface area contributed by atoms with E-state index in [1.807, 2.05) is 18.2 Å². The van der Waals surface area contributed by atoms with Crippen LogP contribution in [-0.4, -0.2) is 13.1 Å². The van der Waals surface area contributed by atoms with Crippen molar-refractivity contribution in [1.29, 1.82) is 0 Å². The molecule has 0 amide bonds. The average molecular weight is 154 g/mol. The van der Waals surface area contributed by atoms with E-state index in [-0.39, 0.29) is 0 Å². The van der Waals surface area contributed by atoms with Gasteiger partial charge in [0.1, 0.15) is 6.61 Å². The molecule has 0 N–H and O–H groups in total. The van der Waals surface area contributed by atoms with Gasteiger partial charge in [0.25, 0.3) is 6.47 Å². The van der Waals surface area contributed by atoms with Crippen LogP contribution in [0.1, 0.15) is 19.3 Å². The van der Waals surface area contributed by atoms with Gasteiger partial charge in [-0.05, 0) is 19.3 Å². The van der Waals surface area contributed by atoms with Crippen LogP contribution in [0.2, 0.25) is 0 Å². The van der Waals surface area contributed by atoms with Crippen molar-refractivity contribution in [3.05, 3.63) is 24.8 Å². The fourth-order valence-electron chi connectivity index (χ4n) is 0.661. The SMILES string of the molecule is C=CCCC/C=C/COC=O. The number of rotatable bonds is 7. The van der Waals surface area contributed by atoms with E-state index in [1.165, 1.54) is 0 Å². The summed E-state index contributed by atoms with van der Waals surface area (Å²) >= 11 is 0. The monoisotopic (exact) mass is 154 g/mol. The molecule has 0 atom stereocenters. The number of allylic oxidation sites excluding steroid dienone is 2. The fourth-order valence-corrected chi connectivity index (χ4v) is 0.661. The number of unbranched alkanes of at least 4 members (excludes halogenated alkanes) is 2. The van der Waals surface area contributed by atoms with Gasteiger partial charge < -0.3 is 4.74 Å². The Hall–Kier alpha value is -1.05. The maximum Gasteiger partial charge on any atom is 0.293 e. The molecule has 0 bridgehead atoms. The minimum atomic E-state index is 0.386. The van der Waals surface area contributed by atoms with Gasteiger partial charge in [-0.1, -0.05) is 18.2 Å². The summed E-state index contributed by atoms with van der Waals surface area (Å²) in [6.45, 7) is 4.45. The highest BCUT2D eigenvalue weighted by Crippen LogP contribution is 1.96. The number of carbonyl (C=O) groups excluding carboxylic acids is 1. The molecule has 0 aliphatic rings. The maximum atomic E-state index is 9.67. The van der Waals surface area contributed by atoms with Gasteiger partial charge in [0.15, 0.2) is 0 Å². The molecule has 11 heavy (non-hydrogen) atoms. The Kier molecular flexibility index (Phi) is 8.10. The first-order valence-electron chi connectivity index (χ1n) is 3.73. The molecule has 0 aliphatic heterocycles. The average Bonchev–Trinajstić information content (AvgIpc) is 2.03. The molecule has 62 valence electrons. The van der Waals surface area contributed by atoms with Crippen molar-refractivity contribution in [2.24, 2.45) is 0 Å². The molecular formula is C9H14O2. The highest BCUT2D eigenvalue weighted by molar-refractivity contribution is 5.37. The molecule has 0 radical (unpaired) electrons. The Morgan fingerprint density at radius 1 is 1.27 bits per heavy atom. The first kappa shape index (κ1) is 9.95. The molecule has 0 unspecified atom stereocenters. The largest absolute Gasteiger partial charge is 0.464 e. The maximum absolute atomic E-state index is 9.67. The highest BCUT2D eigenvalue weighted by Gasteiger charge is 1.79. The van der Waals surface area contributed by atoms with Crippen LogP contribution in [0.25, 0.3) is 0 Å². The van der Waals surface area contributed by atoms with Crippen molar-refractivity contribution < 1.29 is 9.53 Å². The van der Waals surface area contributed by atoms with Gasteiger partial charge in [-0.3, -0.25) is 4.79 Å². The van der Waals surface area contributed by atoms with E-state index in [0.717, 1.165) is 19.3 Å². The van der Waals surface area contributed by atoms with Crippen LogP contribution in [-0.2, 0) is 9.53 Å². The number of ether oxygens (including phenoxy) is 1. The highest BCUT2D eigenvalue weighted by atomic mass is 16.5. The van der Waals surface area contributed by atoms with E-state index in [2.05, 4.69) is 11.3 Å². The summed E-state index contributed by atoms with van der Waals surface area (Å²) in [5, 5.41) is 0. The smallest absolute Gasteiger partial charge is 0.293 e. The second-order valence-corrected chi connectivity index (χ2v) is 2.12. The van der Waals surface area contributed by atoms with Crippen LogP contribution in [0, 0.1) is 0 Å². The number of hydrogen-bond acceptors (Lipinski definition) is 2. The quantitative estimate of drug-likeness (QED) is 0.319. The summed E-state index contributed by atoms with van der Waals surface area (Å²) in [6, 6.07) is 0. The van der Waals surface area contributed by atoms with Gasteiger partial charge >= 0.3 is 0 Å². The molecule has 0 aliphatic carbocycles. The zero-order chi connectivity index (χ0) is 8.36. The lowest BCUT2D eigenvalue weighted by Gasteiger charge is -1.90. The van der Waals surface area contributed by atoms with Gasteiger partial charge in [0.05, 0.1) is 0 Å². The van der Waals surface area contributed by atoms with Gasteiger partial charge in [-0.15, -0.1) is 6.58 Å². The second kappa shape index (κ2) is 8.95. The van der Waals surface area contributed by atoms with Crippen molar-refractivity contribution >= 4 is 6.47 Å². The van der Waals surface area contributed by atoms with E-state index in [1.54, 1.807) is 0 Å². The molecule has 0 saturated carbocycles. The molecule has 0 spiro atoms. The summed E-state index contributed by atoms with van der Waals surface area (Å²) in [4.78, 5) is 9.67. The third kappa shape index (κ3) is 8.95. The van der Waals surface area contributed by atoms with Gasteiger partial charge in [0.2, 0.25) is 0 Å². The molecule has 0 rings (SSSR count). The molecule has 0 fully saturated rings. The van der Waals surface area contributed by atoms with Crippen LogP contribution in [0.3, 0.4) is 0 Å². The molecule has 0 saturated heterocycles. The summed E-state index contributed by atoms with van der Waals surface area (Å²) in [6.07, 6.45) is 8.93. The molecule has 0 heterocycles. The van der Waals surface area contributed by atoms with Gasteiger partial charge in [-0.2, -0.15) is 0 Å². The van der Waals surface area contributed by atoms with E-state index in [0.29, 0.717) is 13.1 Å². The first-order chi connectivity index (χ1) is 5.41. The molecule has 2 nitrogen and oxygen atoms in total. The minimum Gasteiger partial charge on any atom is -0.464 e. The lowest BCUT2D eigenvalue weighted by molar-refractivity contribution is -0.127.